The first-order valence-corrected chi connectivity index (χ1v) is 21.2. The minimum Gasteiger partial charge on any atom is -0.462 e. The van der Waals surface area contributed by atoms with Crippen molar-refractivity contribution in [2.45, 2.75) is 224 Å². The zero-order valence-corrected chi connectivity index (χ0v) is 32.9. The lowest BCUT2D eigenvalue weighted by molar-refractivity contribution is -0.305. The van der Waals surface area contributed by atoms with Gasteiger partial charge in [0.2, 0.25) is 0 Å². The number of hydrogen-bond acceptors (Lipinski definition) is 10. The lowest BCUT2D eigenvalue weighted by Gasteiger charge is -2.39. The van der Waals surface area contributed by atoms with Crippen LogP contribution in [-0.2, 0) is 28.5 Å². The molecule has 1 aliphatic rings. The smallest absolute Gasteiger partial charge is 0.306 e. The van der Waals surface area contributed by atoms with Gasteiger partial charge in [-0.2, -0.15) is 0 Å². The largest absolute Gasteiger partial charge is 0.462 e. The van der Waals surface area contributed by atoms with Gasteiger partial charge in [-0.1, -0.05) is 154 Å². The van der Waals surface area contributed by atoms with E-state index in [1.165, 1.54) is 116 Å². The number of carbonyl (C=O) groups is 2. The summed E-state index contributed by atoms with van der Waals surface area (Å²) in [5, 5.41) is 40.0. The van der Waals surface area contributed by atoms with Gasteiger partial charge in [-0.3, -0.25) is 9.59 Å². The monoisotopic (exact) mass is 743 g/mol. The molecule has 2 unspecified atom stereocenters. The molecule has 52 heavy (non-hydrogen) atoms. The van der Waals surface area contributed by atoms with Crippen LogP contribution in [-0.4, -0.2) is 89.0 Å². The first-order valence-electron chi connectivity index (χ1n) is 21.2. The number of aliphatic hydroxyl groups is 4. The molecular weight excluding hydrogens is 664 g/mol. The van der Waals surface area contributed by atoms with E-state index in [9.17, 15) is 30.0 Å². The Bertz CT molecular complexity index is 853. The molecule has 0 aromatic carbocycles. The Morgan fingerprint density at radius 2 is 1.06 bits per heavy atom. The summed E-state index contributed by atoms with van der Waals surface area (Å²) >= 11 is 0. The Morgan fingerprint density at radius 3 is 1.52 bits per heavy atom. The number of unbranched alkanes of at least 4 members (excludes halogenated alkanes) is 24. The molecule has 1 rings (SSSR count). The molecule has 306 valence electrons. The molecule has 4 N–H and O–H groups in total. The first-order chi connectivity index (χ1) is 25.3. The van der Waals surface area contributed by atoms with Crippen LogP contribution in [0.4, 0.5) is 0 Å². The van der Waals surface area contributed by atoms with Crippen molar-refractivity contribution in [1.29, 1.82) is 0 Å². The topological polar surface area (TPSA) is 152 Å². The Balaban J connectivity index is 2.34. The Kier molecular flexibility index (Phi) is 31.7. The number of aliphatic hydroxyl groups excluding tert-OH is 4. The number of ether oxygens (including phenoxy) is 4. The highest BCUT2D eigenvalue weighted by molar-refractivity contribution is 5.70. The molecule has 1 heterocycles. The molecule has 0 aliphatic carbocycles. The zero-order chi connectivity index (χ0) is 38.1. The maximum absolute atomic E-state index is 12.7. The number of rotatable bonds is 36. The Labute approximate surface area is 316 Å². The molecule has 0 saturated carbocycles. The summed E-state index contributed by atoms with van der Waals surface area (Å²) in [5.41, 5.74) is 0. The third kappa shape index (κ3) is 25.5. The fraction of sp³-hybridized carbons (Fsp3) is 0.905. The molecule has 6 atom stereocenters. The summed E-state index contributed by atoms with van der Waals surface area (Å²) in [6.07, 6.45) is 25.4. The average Bonchev–Trinajstić information content (AvgIpc) is 3.14. The molecule has 10 nitrogen and oxygen atoms in total. The fourth-order valence-corrected chi connectivity index (χ4v) is 6.64. The summed E-state index contributed by atoms with van der Waals surface area (Å²) in [4.78, 5) is 25.2. The molecule has 0 bridgehead atoms. The van der Waals surface area contributed by atoms with Gasteiger partial charge >= 0.3 is 11.9 Å². The van der Waals surface area contributed by atoms with E-state index in [-0.39, 0.29) is 32.0 Å². The second-order valence-corrected chi connectivity index (χ2v) is 14.9. The van der Waals surface area contributed by atoms with E-state index in [2.05, 4.69) is 13.5 Å². The van der Waals surface area contributed by atoms with E-state index in [0.717, 1.165) is 44.9 Å². The molecule has 1 fully saturated rings. The summed E-state index contributed by atoms with van der Waals surface area (Å²) in [6, 6.07) is 0. The van der Waals surface area contributed by atoms with Crippen molar-refractivity contribution in [2.75, 3.05) is 19.8 Å². The van der Waals surface area contributed by atoms with E-state index >= 15 is 0 Å². The Morgan fingerprint density at radius 1 is 0.615 bits per heavy atom. The van der Waals surface area contributed by atoms with Crippen LogP contribution in [0.5, 0.6) is 0 Å². The van der Waals surface area contributed by atoms with Crippen LogP contribution >= 0.6 is 0 Å². The maximum atomic E-state index is 12.7. The van der Waals surface area contributed by atoms with E-state index in [1.807, 2.05) is 6.08 Å². The normalized spacial score (nSPS) is 20.8. The number of allylic oxidation sites excluding steroid dienone is 1. The minimum atomic E-state index is -1.59. The second-order valence-electron chi connectivity index (χ2n) is 14.9. The van der Waals surface area contributed by atoms with Crippen molar-refractivity contribution in [2.24, 2.45) is 0 Å². The quantitative estimate of drug-likeness (QED) is 0.0280. The van der Waals surface area contributed by atoms with Gasteiger partial charge in [-0.25, -0.2) is 0 Å². The molecule has 0 radical (unpaired) electrons. The predicted molar refractivity (Wildman–Crippen MR) is 206 cm³/mol. The van der Waals surface area contributed by atoms with Crippen LogP contribution < -0.4 is 0 Å². The van der Waals surface area contributed by atoms with Crippen molar-refractivity contribution in [3.63, 3.8) is 0 Å². The highest BCUT2D eigenvalue weighted by atomic mass is 16.7. The average molecular weight is 743 g/mol. The lowest BCUT2D eigenvalue weighted by atomic mass is 9.99. The van der Waals surface area contributed by atoms with E-state index < -0.39 is 49.4 Å². The van der Waals surface area contributed by atoms with Gasteiger partial charge in [0.25, 0.3) is 0 Å². The predicted octanol–water partition coefficient (Wildman–Crippen LogP) is 8.39. The molecule has 1 aliphatic heterocycles. The highest BCUT2D eigenvalue weighted by Gasteiger charge is 2.44. The minimum absolute atomic E-state index is 0.213. The number of hydrogen-bond donors (Lipinski definition) is 4. The molecule has 0 spiro atoms. The van der Waals surface area contributed by atoms with Crippen molar-refractivity contribution >= 4 is 11.9 Å². The van der Waals surface area contributed by atoms with E-state index in [4.69, 9.17) is 18.9 Å². The number of carbonyl (C=O) groups excluding carboxylic acids is 2. The number of esters is 2. The highest BCUT2D eigenvalue weighted by Crippen LogP contribution is 2.23. The van der Waals surface area contributed by atoms with Gasteiger partial charge in [0.05, 0.1) is 13.2 Å². The van der Waals surface area contributed by atoms with E-state index in [0.29, 0.717) is 6.42 Å². The molecule has 0 aromatic rings. The van der Waals surface area contributed by atoms with Gasteiger partial charge in [0, 0.05) is 12.8 Å². The van der Waals surface area contributed by atoms with Crippen molar-refractivity contribution in [3.8, 4) is 0 Å². The third-order valence-corrected chi connectivity index (χ3v) is 10.0. The summed E-state index contributed by atoms with van der Waals surface area (Å²) < 4.78 is 22.1. The van der Waals surface area contributed by atoms with Crippen LogP contribution in [0.1, 0.15) is 187 Å². The van der Waals surface area contributed by atoms with Gasteiger partial charge in [0.15, 0.2) is 12.4 Å². The van der Waals surface area contributed by atoms with Gasteiger partial charge in [-0.05, 0) is 25.7 Å². The lowest BCUT2D eigenvalue weighted by Crippen LogP contribution is -2.59. The molecule has 1 saturated heterocycles. The maximum Gasteiger partial charge on any atom is 0.306 e. The molecule has 10 heteroatoms. The van der Waals surface area contributed by atoms with Crippen molar-refractivity contribution in [1.82, 2.24) is 0 Å². The standard InChI is InChI=1S/C42H78O10/c1-3-5-7-9-11-13-15-17-18-19-21-23-25-27-29-31-38(45)51-35(34-50-42-41(48)40(47)39(46)36(32-43)52-42)33-49-37(44)30-28-26-24-22-20-16-14-12-10-8-6-4-2/h3,35-36,39-43,46-48H,1,4-34H2,2H3/t35-,36-,39+,40?,41?,42-/m1/s1. The SMILES string of the molecule is C=CCCCCCCCCCCCCCCCC(=O)O[C@H](COC(=O)CCCCCCCCCCCCCC)CO[C@@H]1O[C@H](CO)[C@H](O)C(O)C1O. The fourth-order valence-electron chi connectivity index (χ4n) is 6.64. The summed E-state index contributed by atoms with van der Waals surface area (Å²) in [5.74, 6) is -0.802. The van der Waals surface area contributed by atoms with Crippen LogP contribution in [0, 0.1) is 0 Å². The zero-order valence-electron chi connectivity index (χ0n) is 32.9. The Hall–Kier alpha value is -1.56. The first kappa shape index (κ1) is 48.5. The van der Waals surface area contributed by atoms with Crippen molar-refractivity contribution < 1.29 is 49.0 Å². The second kappa shape index (κ2) is 34.0. The molecule has 0 aromatic heterocycles. The van der Waals surface area contributed by atoms with Crippen LogP contribution in [0.15, 0.2) is 12.7 Å². The molecule has 0 amide bonds. The molecular formula is C42H78O10. The van der Waals surface area contributed by atoms with Gasteiger partial charge < -0.3 is 39.4 Å². The van der Waals surface area contributed by atoms with Crippen LogP contribution in [0.25, 0.3) is 0 Å². The van der Waals surface area contributed by atoms with Crippen molar-refractivity contribution in [3.05, 3.63) is 12.7 Å². The summed E-state index contributed by atoms with van der Waals surface area (Å²) in [7, 11) is 0. The van der Waals surface area contributed by atoms with E-state index in [1.54, 1.807) is 0 Å². The van der Waals surface area contributed by atoms with Gasteiger partial charge in [0.1, 0.15) is 31.0 Å². The van der Waals surface area contributed by atoms with Crippen LogP contribution in [0.2, 0.25) is 0 Å². The van der Waals surface area contributed by atoms with Crippen LogP contribution in [0.3, 0.4) is 0 Å². The third-order valence-electron chi connectivity index (χ3n) is 10.0. The summed E-state index contributed by atoms with van der Waals surface area (Å²) in [6.45, 7) is 4.94. The van der Waals surface area contributed by atoms with Gasteiger partial charge in [-0.15, -0.1) is 6.58 Å².